The number of rotatable bonds is 5. The Morgan fingerprint density at radius 3 is 1.39 bits per heavy atom. The van der Waals surface area contributed by atoms with E-state index in [1.807, 2.05) is 24.3 Å². The molecular formula is C21H29ClO6. The van der Waals surface area contributed by atoms with E-state index in [1.54, 1.807) is 46.6 Å². The SMILES string of the molecule is C.CC(=O)Cl.COc1ccc(C(C)=O)cc1OC.COc1ccccc1OC. The van der Waals surface area contributed by atoms with E-state index in [1.165, 1.54) is 13.8 Å². The zero-order valence-electron chi connectivity index (χ0n) is 16.4. The number of carbonyl (C=O) groups is 2. The molecule has 0 N–H and O–H groups in total. The summed E-state index contributed by atoms with van der Waals surface area (Å²) in [5.41, 5.74) is 0.623. The topological polar surface area (TPSA) is 71.1 Å². The summed E-state index contributed by atoms with van der Waals surface area (Å²) in [6, 6.07) is 12.6. The highest BCUT2D eigenvalue weighted by Gasteiger charge is 2.06. The lowest BCUT2D eigenvalue weighted by atomic mass is 10.1. The standard InChI is InChI=1S/C10H12O3.C8H10O2.C2H3ClO.CH4/c1-7(11)8-4-5-9(12-2)10(6-8)13-3;1-9-7-5-3-4-6-8(7)10-2;1-2(3)4;/h4-6H,1-3H3;3-6H,1-2H3;1H3;1H4. The molecule has 0 aliphatic rings. The average Bonchev–Trinajstić information content (AvgIpc) is 2.67. The Balaban J connectivity index is 0. The number of Topliss-reactive ketones (excluding diaryl/α,β-unsaturated/α-hetero) is 1. The van der Waals surface area contributed by atoms with Crippen LogP contribution in [-0.4, -0.2) is 39.5 Å². The van der Waals surface area contributed by atoms with E-state index in [2.05, 4.69) is 11.6 Å². The smallest absolute Gasteiger partial charge is 0.218 e. The van der Waals surface area contributed by atoms with Crippen LogP contribution in [0.2, 0.25) is 0 Å². The summed E-state index contributed by atoms with van der Waals surface area (Å²) >= 11 is 4.64. The minimum Gasteiger partial charge on any atom is -0.493 e. The maximum absolute atomic E-state index is 11.0. The van der Waals surface area contributed by atoms with Crippen LogP contribution in [-0.2, 0) is 4.79 Å². The number of para-hydroxylation sites is 2. The lowest BCUT2D eigenvalue weighted by Crippen LogP contribution is -1.95. The van der Waals surface area contributed by atoms with Gasteiger partial charge in [-0.05, 0) is 48.9 Å². The Morgan fingerprint density at radius 1 is 0.714 bits per heavy atom. The Labute approximate surface area is 172 Å². The van der Waals surface area contributed by atoms with Gasteiger partial charge in [0.25, 0.3) is 0 Å². The molecule has 0 aliphatic heterocycles. The van der Waals surface area contributed by atoms with Crippen LogP contribution in [0.5, 0.6) is 23.0 Å². The predicted molar refractivity (Wildman–Crippen MR) is 112 cm³/mol. The zero-order chi connectivity index (χ0) is 20.8. The monoisotopic (exact) mass is 412 g/mol. The van der Waals surface area contributed by atoms with Crippen molar-refractivity contribution in [2.75, 3.05) is 28.4 Å². The fourth-order valence-electron chi connectivity index (χ4n) is 1.84. The van der Waals surface area contributed by atoms with Crippen LogP contribution in [0.1, 0.15) is 31.6 Å². The van der Waals surface area contributed by atoms with E-state index in [9.17, 15) is 9.59 Å². The number of ketones is 1. The molecule has 0 bridgehead atoms. The molecule has 2 aromatic rings. The van der Waals surface area contributed by atoms with Crippen molar-refractivity contribution in [1.82, 2.24) is 0 Å². The van der Waals surface area contributed by atoms with Gasteiger partial charge in [0, 0.05) is 12.5 Å². The molecule has 0 fully saturated rings. The largest absolute Gasteiger partial charge is 0.493 e. The second kappa shape index (κ2) is 15.3. The Morgan fingerprint density at radius 2 is 1.07 bits per heavy atom. The molecule has 0 aliphatic carbocycles. The molecule has 2 aromatic carbocycles. The maximum atomic E-state index is 11.0. The van der Waals surface area contributed by atoms with Gasteiger partial charge < -0.3 is 18.9 Å². The highest BCUT2D eigenvalue weighted by Crippen LogP contribution is 2.27. The highest BCUT2D eigenvalue weighted by molar-refractivity contribution is 6.62. The quantitative estimate of drug-likeness (QED) is 0.507. The van der Waals surface area contributed by atoms with Gasteiger partial charge in [-0.25, -0.2) is 0 Å². The number of hydrogen-bond acceptors (Lipinski definition) is 6. The van der Waals surface area contributed by atoms with Gasteiger partial charge in [0.1, 0.15) is 0 Å². The summed E-state index contributed by atoms with van der Waals surface area (Å²) in [5.74, 6) is 2.76. The van der Waals surface area contributed by atoms with Crippen LogP contribution in [0.3, 0.4) is 0 Å². The molecule has 6 nitrogen and oxygen atoms in total. The lowest BCUT2D eigenvalue weighted by Gasteiger charge is -2.07. The summed E-state index contributed by atoms with van der Waals surface area (Å²) in [6.07, 6.45) is 0. The minimum atomic E-state index is -0.361. The first kappa shape index (κ1) is 27.5. The number of hydrogen-bond donors (Lipinski definition) is 0. The minimum absolute atomic E-state index is 0. The number of methoxy groups -OCH3 is 4. The first-order chi connectivity index (χ1) is 12.8. The van der Waals surface area contributed by atoms with Gasteiger partial charge in [-0.1, -0.05) is 19.6 Å². The van der Waals surface area contributed by atoms with Crippen LogP contribution in [0.4, 0.5) is 0 Å². The zero-order valence-corrected chi connectivity index (χ0v) is 17.1. The molecule has 28 heavy (non-hydrogen) atoms. The lowest BCUT2D eigenvalue weighted by molar-refractivity contribution is -0.109. The molecule has 0 saturated heterocycles. The van der Waals surface area contributed by atoms with Gasteiger partial charge in [0.15, 0.2) is 28.8 Å². The van der Waals surface area contributed by atoms with Crippen LogP contribution in [0, 0.1) is 0 Å². The van der Waals surface area contributed by atoms with E-state index < -0.39 is 0 Å². The normalized spacial score (nSPS) is 8.54. The van der Waals surface area contributed by atoms with Crippen LogP contribution in [0.15, 0.2) is 42.5 Å². The fraction of sp³-hybridized carbons (Fsp3) is 0.333. The van der Waals surface area contributed by atoms with Crippen LogP contribution >= 0.6 is 11.6 Å². The fourth-order valence-corrected chi connectivity index (χ4v) is 1.84. The van der Waals surface area contributed by atoms with Gasteiger partial charge in [-0.3, -0.25) is 9.59 Å². The summed E-state index contributed by atoms with van der Waals surface area (Å²) in [5, 5.41) is -0.361. The molecule has 0 radical (unpaired) electrons. The van der Waals surface area contributed by atoms with Gasteiger partial charge in [-0.2, -0.15) is 0 Å². The third-order valence-corrected chi connectivity index (χ3v) is 3.08. The third kappa shape index (κ3) is 10.4. The van der Waals surface area contributed by atoms with E-state index in [0.717, 1.165) is 11.5 Å². The summed E-state index contributed by atoms with van der Waals surface area (Å²) in [6.45, 7) is 2.81. The van der Waals surface area contributed by atoms with Crippen molar-refractivity contribution in [2.24, 2.45) is 0 Å². The van der Waals surface area contributed by atoms with E-state index in [0.29, 0.717) is 17.1 Å². The second-order valence-electron chi connectivity index (χ2n) is 4.95. The highest BCUT2D eigenvalue weighted by atomic mass is 35.5. The molecule has 2 rings (SSSR count). The molecule has 0 atom stereocenters. The van der Waals surface area contributed by atoms with Crippen molar-refractivity contribution < 1.29 is 28.5 Å². The summed E-state index contributed by atoms with van der Waals surface area (Å²) in [7, 11) is 6.35. The van der Waals surface area contributed by atoms with Crippen molar-refractivity contribution in [1.29, 1.82) is 0 Å². The van der Waals surface area contributed by atoms with Crippen molar-refractivity contribution in [3.05, 3.63) is 48.0 Å². The predicted octanol–water partition coefficient (Wildman–Crippen LogP) is 5.02. The first-order valence-electron chi connectivity index (χ1n) is 7.86. The maximum Gasteiger partial charge on any atom is 0.218 e. The second-order valence-corrected chi connectivity index (χ2v) is 5.48. The average molecular weight is 413 g/mol. The summed E-state index contributed by atoms with van der Waals surface area (Å²) in [4.78, 5) is 20.2. The van der Waals surface area contributed by atoms with Crippen molar-refractivity contribution in [2.45, 2.75) is 21.3 Å². The molecule has 0 saturated carbocycles. The number of halogens is 1. The van der Waals surface area contributed by atoms with Crippen molar-refractivity contribution in [3.8, 4) is 23.0 Å². The van der Waals surface area contributed by atoms with Gasteiger partial charge in [0.2, 0.25) is 5.24 Å². The van der Waals surface area contributed by atoms with Gasteiger partial charge in [0.05, 0.1) is 28.4 Å². The first-order valence-corrected chi connectivity index (χ1v) is 8.24. The third-order valence-electron chi connectivity index (χ3n) is 3.08. The molecule has 0 unspecified atom stereocenters. The van der Waals surface area contributed by atoms with Crippen LogP contribution in [0.25, 0.3) is 0 Å². The molecule has 0 amide bonds. The Kier molecular flexibility index (Phi) is 15.1. The number of carbonyl (C=O) groups excluding carboxylic acids is 2. The van der Waals surface area contributed by atoms with Crippen molar-refractivity contribution >= 4 is 22.6 Å². The number of benzene rings is 2. The van der Waals surface area contributed by atoms with Crippen molar-refractivity contribution in [3.63, 3.8) is 0 Å². The van der Waals surface area contributed by atoms with Gasteiger partial charge >= 0.3 is 0 Å². The van der Waals surface area contributed by atoms with Crippen LogP contribution < -0.4 is 18.9 Å². The molecule has 0 heterocycles. The Hall–Kier alpha value is -2.73. The van der Waals surface area contributed by atoms with E-state index in [4.69, 9.17) is 18.9 Å². The molecular weight excluding hydrogens is 384 g/mol. The molecule has 0 aromatic heterocycles. The van der Waals surface area contributed by atoms with Gasteiger partial charge in [-0.15, -0.1) is 0 Å². The molecule has 7 heteroatoms. The number of ether oxygens (including phenoxy) is 4. The molecule has 156 valence electrons. The summed E-state index contributed by atoms with van der Waals surface area (Å²) < 4.78 is 20.1. The Bertz CT molecular complexity index is 704. The van der Waals surface area contributed by atoms with E-state index >= 15 is 0 Å². The molecule has 0 spiro atoms. The van der Waals surface area contributed by atoms with E-state index in [-0.39, 0.29) is 18.5 Å².